The first-order valence-electron chi connectivity index (χ1n) is 6.24. The molecule has 1 saturated heterocycles. The SMILES string of the molecule is CC(C)(C)Oc1nc(N2CCOCC2)ccc1N. The van der Waals surface area contributed by atoms with Crippen molar-refractivity contribution in [3.05, 3.63) is 12.1 Å². The lowest BCUT2D eigenvalue weighted by Gasteiger charge is -2.29. The molecular weight excluding hydrogens is 230 g/mol. The molecule has 5 nitrogen and oxygen atoms in total. The lowest BCUT2D eigenvalue weighted by Crippen LogP contribution is -2.37. The van der Waals surface area contributed by atoms with Crippen LogP contribution in [0.15, 0.2) is 12.1 Å². The van der Waals surface area contributed by atoms with Crippen LogP contribution in [0.3, 0.4) is 0 Å². The number of nitrogens with zero attached hydrogens (tertiary/aromatic N) is 2. The van der Waals surface area contributed by atoms with Gasteiger partial charge in [0.25, 0.3) is 0 Å². The topological polar surface area (TPSA) is 60.6 Å². The largest absolute Gasteiger partial charge is 0.470 e. The minimum atomic E-state index is -0.301. The second-order valence-corrected chi connectivity index (χ2v) is 5.38. The van der Waals surface area contributed by atoms with Crippen molar-refractivity contribution in [1.82, 2.24) is 4.98 Å². The monoisotopic (exact) mass is 251 g/mol. The highest BCUT2D eigenvalue weighted by molar-refractivity contribution is 5.54. The highest BCUT2D eigenvalue weighted by Crippen LogP contribution is 2.26. The fourth-order valence-corrected chi connectivity index (χ4v) is 1.78. The minimum absolute atomic E-state index is 0.301. The Morgan fingerprint density at radius 1 is 1.28 bits per heavy atom. The average molecular weight is 251 g/mol. The van der Waals surface area contributed by atoms with Crippen LogP contribution in [-0.4, -0.2) is 36.9 Å². The molecule has 0 bridgehead atoms. The summed E-state index contributed by atoms with van der Waals surface area (Å²) in [5.41, 5.74) is 6.17. The molecule has 0 unspecified atom stereocenters. The first-order chi connectivity index (χ1) is 8.46. The predicted molar refractivity (Wildman–Crippen MR) is 72.1 cm³/mol. The Bertz CT molecular complexity index is 409. The van der Waals surface area contributed by atoms with E-state index in [9.17, 15) is 0 Å². The van der Waals surface area contributed by atoms with Crippen LogP contribution >= 0.6 is 0 Å². The van der Waals surface area contributed by atoms with E-state index in [1.165, 1.54) is 0 Å². The average Bonchev–Trinajstić information content (AvgIpc) is 2.31. The van der Waals surface area contributed by atoms with Crippen LogP contribution in [0.2, 0.25) is 0 Å². The van der Waals surface area contributed by atoms with Gasteiger partial charge in [-0.15, -0.1) is 0 Å². The van der Waals surface area contributed by atoms with E-state index in [1.807, 2.05) is 32.9 Å². The molecule has 0 radical (unpaired) electrons. The van der Waals surface area contributed by atoms with Gasteiger partial charge in [-0.3, -0.25) is 0 Å². The normalized spacial score (nSPS) is 16.7. The molecule has 0 aromatic carbocycles. The molecule has 1 aromatic rings. The van der Waals surface area contributed by atoms with Gasteiger partial charge in [-0.2, -0.15) is 4.98 Å². The highest BCUT2D eigenvalue weighted by Gasteiger charge is 2.18. The third kappa shape index (κ3) is 3.26. The molecule has 1 aliphatic rings. The fourth-order valence-electron chi connectivity index (χ4n) is 1.78. The molecule has 0 spiro atoms. The summed E-state index contributed by atoms with van der Waals surface area (Å²) < 4.78 is 11.1. The van der Waals surface area contributed by atoms with Crippen molar-refractivity contribution in [2.75, 3.05) is 36.9 Å². The van der Waals surface area contributed by atoms with Gasteiger partial charge in [0.2, 0.25) is 5.88 Å². The van der Waals surface area contributed by atoms with E-state index in [1.54, 1.807) is 0 Å². The second-order valence-electron chi connectivity index (χ2n) is 5.38. The molecule has 1 aromatic heterocycles. The maximum absolute atomic E-state index is 5.90. The van der Waals surface area contributed by atoms with Crippen molar-refractivity contribution in [2.45, 2.75) is 26.4 Å². The van der Waals surface area contributed by atoms with Crippen LogP contribution in [0.1, 0.15) is 20.8 Å². The molecule has 0 aliphatic carbocycles. The van der Waals surface area contributed by atoms with Crippen molar-refractivity contribution < 1.29 is 9.47 Å². The first kappa shape index (κ1) is 13.0. The number of rotatable bonds is 2. The van der Waals surface area contributed by atoms with Crippen LogP contribution in [-0.2, 0) is 4.74 Å². The van der Waals surface area contributed by atoms with E-state index in [0.717, 1.165) is 32.1 Å². The summed E-state index contributed by atoms with van der Waals surface area (Å²) in [6, 6.07) is 3.77. The number of aromatic nitrogens is 1. The molecule has 5 heteroatoms. The lowest BCUT2D eigenvalue weighted by molar-refractivity contribution is 0.119. The molecule has 0 atom stereocenters. The van der Waals surface area contributed by atoms with Gasteiger partial charge >= 0.3 is 0 Å². The predicted octanol–water partition coefficient (Wildman–Crippen LogP) is 1.68. The number of hydrogen-bond donors (Lipinski definition) is 1. The number of ether oxygens (including phenoxy) is 2. The first-order valence-corrected chi connectivity index (χ1v) is 6.24. The van der Waals surface area contributed by atoms with Crippen LogP contribution in [0, 0.1) is 0 Å². The van der Waals surface area contributed by atoms with Crippen molar-refractivity contribution >= 4 is 11.5 Å². The van der Waals surface area contributed by atoms with Gasteiger partial charge in [-0.25, -0.2) is 0 Å². The van der Waals surface area contributed by atoms with Crippen LogP contribution in [0.4, 0.5) is 11.5 Å². The minimum Gasteiger partial charge on any atom is -0.470 e. The van der Waals surface area contributed by atoms with E-state index in [-0.39, 0.29) is 5.60 Å². The van der Waals surface area contributed by atoms with E-state index >= 15 is 0 Å². The van der Waals surface area contributed by atoms with E-state index < -0.39 is 0 Å². The van der Waals surface area contributed by atoms with Crippen LogP contribution in [0.25, 0.3) is 0 Å². The second kappa shape index (κ2) is 5.02. The molecule has 18 heavy (non-hydrogen) atoms. The van der Waals surface area contributed by atoms with Gasteiger partial charge in [0.1, 0.15) is 11.4 Å². The van der Waals surface area contributed by atoms with E-state index in [4.69, 9.17) is 15.2 Å². The summed E-state index contributed by atoms with van der Waals surface area (Å²) in [6.07, 6.45) is 0. The van der Waals surface area contributed by atoms with E-state index in [2.05, 4.69) is 9.88 Å². The van der Waals surface area contributed by atoms with Crippen LogP contribution in [0.5, 0.6) is 5.88 Å². The Hall–Kier alpha value is -1.49. The number of hydrogen-bond acceptors (Lipinski definition) is 5. The molecule has 0 amide bonds. The quantitative estimate of drug-likeness (QED) is 0.866. The van der Waals surface area contributed by atoms with Gasteiger partial charge in [-0.05, 0) is 32.9 Å². The number of pyridine rings is 1. The Labute approximate surface area is 108 Å². The van der Waals surface area contributed by atoms with Gasteiger partial charge in [0.05, 0.1) is 18.9 Å². The van der Waals surface area contributed by atoms with Crippen molar-refractivity contribution in [3.8, 4) is 5.88 Å². The van der Waals surface area contributed by atoms with Crippen molar-refractivity contribution in [1.29, 1.82) is 0 Å². The molecule has 2 heterocycles. The maximum atomic E-state index is 5.90. The van der Waals surface area contributed by atoms with Gasteiger partial charge < -0.3 is 20.1 Å². The number of anilines is 2. The zero-order valence-electron chi connectivity index (χ0n) is 11.3. The highest BCUT2D eigenvalue weighted by atomic mass is 16.5. The third-order valence-electron chi connectivity index (χ3n) is 2.61. The third-order valence-corrected chi connectivity index (χ3v) is 2.61. The van der Waals surface area contributed by atoms with Gasteiger partial charge in [0.15, 0.2) is 0 Å². The Morgan fingerprint density at radius 2 is 1.94 bits per heavy atom. The summed E-state index contributed by atoms with van der Waals surface area (Å²) in [6.45, 7) is 9.13. The van der Waals surface area contributed by atoms with Crippen molar-refractivity contribution in [3.63, 3.8) is 0 Å². The smallest absolute Gasteiger partial charge is 0.239 e. The Kier molecular flexibility index (Phi) is 3.61. The maximum Gasteiger partial charge on any atom is 0.239 e. The molecule has 2 rings (SSSR count). The summed E-state index contributed by atoms with van der Waals surface area (Å²) in [4.78, 5) is 6.68. The number of nitrogens with two attached hydrogens (primary N) is 1. The van der Waals surface area contributed by atoms with Crippen molar-refractivity contribution in [2.24, 2.45) is 0 Å². The summed E-state index contributed by atoms with van der Waals surface area (Å²) in [5.74, 6) is 1.40. The standard InChI is InChI=1S/C13H21N3O2/c1-13(2,3)18-12-10(14)4-5-11(15-12)16-6-8-17-9-7-16/h4-5H,6-9,14H2,1-3H3. The molecule has 1 aliphatic heterocycles. The molecular formula is C13H21N3O2. The molecule has 2 N–H and O–H groups in total. The summed E-state index contributed by atoms with van der Waals surface area (Å²) in [7, 11) is 0. The zero-order valence-corrected chi connectivity index (χ0v) is 11.3. The number of morpholine rings is 1. The molecule has 100 valence electrons. The lowest BCUT2D eigenvalue weighted by atomic mass is 10.2. The zero-order chi connectivity index (χ0) is 13.2. The number of nitrogen functional groups attached to an aromatic ring is 1. The van der Waals surface area contributed by atoms with Gasteiger partial charge in [0, 0.05) is 13.1 Å². The van der Waals surface area contributed by atoms with Crippen LogP contribution < -0.4 is 15.4 Å². The van der Waals surface area contributed by atoms with E-state index in [0.29, 0.717) is 11.6 Å². The summed E-state index contributed by atoms with van der Waals surface area (Å²) in [5, 5.41) is 0. The molecule has 0 saturated carbocycles. The molecule has 1 fully saturated rings. The Morgan fingerprint density at radius 3 is 2.56 bits per heavy atom. The van der Waals surface area contributed by atoms with Gasteiger partial charge in [-0.1, -0.05) is 0 Å². The summed E-state index contributed by atoms with van der Waals surface area (Å²) >= 11 is 0. The fraction of sp³-hybridized carbons (Fsp3) is 0.615. The Balaban J connectivity index is 2.19.